The summed E-state index contributed by atoms with van der Waals surface area (Å²) in [5.41, 5.74) is 1.95. The molecule has 1 saturated heterocycles. The summed E-state index contributed by atoms with van der Waals surface area (Å²) in [6.45, 7) is 7.02. The van der Waals surface area contributed by atoms with E-state index in [0.717, 1.165) is 36.7 Å². The summed E-state index contributed by atoms with van der Waals surface area (Å²) >= 11 is 6.14. The predicted octanol–water partition coefficient (Wildman–Crippen LogP) is 1.67. The van der Waals surface area contributed by atoms with Crippen LogP contribution in [0.2, 0.25) is 5.15 Å². The molecule has 17 heavy (non-hydrogen) atoms. The van der Waals surface area contributed by atoms with Crippen LogP contribution in [0, 0.1) is 13.8 Å². The zero-order valence-corrected chi connectivity index (χ0v) is 11.6. The monoisotopic (exact) mass is 254 g/mol. The summed E-state index contributed by atoms with van der Waals surface area (Å²) in [6.07, 6.45) is 0. The van der Waals surface area contributed by atoms with Crippen LogP contribution in [0.25, 0.3) is 0 Å². The van der Waals surface area contributed by atoms with Crippen LogP contribution in [-0.4, -0.2) is 53.5 Å². The molecule has 1 aliphatic rings. The molecule has 0 saturated carbocycles. The van der Waals surface area contributed by atoms with Gasteiger partial charge in [0.25, 0.3) is 0 Å². The smallest absolute Gasteiger partial charge is 0.148 e. The fourth-order valence-corrected chi connectivity index (χ4v) is 2.28. The molecule has 0 spiro atoms. The number of piperazine rings is 1. The summed E-state index contributed by atoms with van der Waals surface area (Å²) in [7, 11) is 4.24. The quantitative estimate of drug-likeness (QED) is 0.714. The van der Waals surface area contributed by atoms with Gasteiger partial charge in [-0.15, -0.1) is 0 Å². The minimum atomic E-state index is 0.241. The first-order valence-electron chi connectivity index (χ1n) is 5.88. The number of likely N-dealkylation sites (N-methyl/N-ethyl adjacent to an activating group) is 2. The number of rotatable bonds is 1. The van der Waals surface area contributed by atoms with Crippen molar-refractivity contribution in [3.05, 3.63) is 22.2 Å². The number of nitrogens with zero attached hydrogens (tertiary/aromatic N) is 4. The molecule has 0 amide bonds. The molecule has 1 fully saturated rings. The highest BCUT2D eigenvalue weighted by Gasteiger charge is 2.26. The second-order valence-electron chi connectivity index (χ2n) is 4.84. The Bertz CT molecular complexity index is 398. The van der Waals surface area contributed by atoms with Crippen LogP contribution in [0.4, 0.5) is 0 Å². The Kier molecular flexibility index (Phi) is 3.66. The maximum atomic E-state index is 6.14. The van der Waals surface area contributed by atoms with Crippen LogP contribution >= 0.6 is 11.6 Å². The molecule has 4 nitrogen and oxygen atoms in total. The molecule has 0 bridgehead atoms. The van der Waals surface area contributed by atoms with Crippen molar-refractivity contribution in [1.82, 2.24) is 19.8 Å². The van der Waals surface area contributed by atoms with Crippen molar-refractivity contribution in [2.45, 2.75) is 19.9 Å². The zero-order chi connectivity index (χ0) is 12.6. The van der Waals surface area contributed by atoms with Gasteiger partial charge in [0, 0.05) is 30.9 Å². The van der Waals surface area contributed by atoms with Crippen molar-refractivity contribution in [3.63, 3.8) is 0 Å². The highest BCUT2D eigenvalue weighted by molar-refractivity contribution is 6.30. The Labute approximate surface area is 108 Å². The van der Waals surface area contributed by atoms with Crippen LogP contribution in [0.1, 0.15) is 23.1 Å². The van der Waals surface area contributed by atoms with Crippen LogP contribution in [0.15, 0.2) is 0 Å². The third kappa shape index (κ3) is 2.59. The van der Waals surface area contributed by atoms with E-state index in [-0.39, 0.29) is 6.04 Å². The lowest BCUT2D eigenvalue weighted by molar-refractivity contribution is 0.109. The summed E-state index contributed by atoms with van der Waals surface area (Å²) in [5, 5.41) is 0.578. The first kappa shape index (κ1) is 12.7. The summed E-state index contributed by atoms with van der Waals surface area (Å²) in [4.78, 5) is 13.6. The lowest BCUT2D eigenvalue weighted by Crippen LogP contribution is -2.45. The molecule has 1 unspecified atom stereocenters. The van der Waals surface area contributed by atoms with Crippen molar-refractivity contribution in [2.75, 3.05) is 33.7 Å². The van der Waals surface area contributed by atoms with E-state index in [1.54, 1.807) is 0 Å². The summed E-state index contributed by atoms with van der Waals surface area (Å²) in [6, 6.07) is 0.241. The summed E-state index contributed by atoms with van der Waals surface area (Å²) < 4.78 is 0. The normalized spacial score (nSPS) is 23.0. The van der Waals surface area contributed by atoms with Gasteiger partial charge in [0.05, 0.1) is 6.04 Å². The average Bonchev–Trinajstić information content (AvgIpc) is 2.28. The van der Waals surface area contributed by atoms with Gasteiger partial charge < -0.3 is 4.90 Å². The second-order valence-corrected chi connectivity index (χ2v) is 5.20. The molecule has 1 aliphatic heterocycles. The van der Waals surface area contributed by atoms with Gasteiger partial charge in [0.2, 0.25) is 0 Å². The molecule has 0 radical (unpaired) electrons. The van der Waals surface area contributed by atoms with Crippen LogP contribution < -0.4 is 0 Å². The van der Waals surface area contributed by atoms with Crippen molar-refractivity contribution < 1.29 is 0 Å². The minimum Gasteiger partial charge on any atom is -0.303 e. The Morgan fingerprint density at radius 1 is 1.18 bits per heavy atom. The van der Waals surface area contributed by atoms with Gasteiger partial charge in [-0.25, -0.2) is 9.97 Å². The minimum absolute atomic E-state index is 0.241. The van der Waals surface area contributed by atoms with Gasteiger partial charge in [-0.1, -0.05) is 11.6 Å². The fraction of sp³-hybridized carbons (Fsp3) is 0.667. The topological polar surface area (TPSA) is 32.3 Å². The van der Waals surface area contributed by atoms with Crippen molar-refractivity contribution in [1.29, 1.82) is 0 Å². The third-order valence-corrected chi connectivity index (χ3v) is 3.86. The highest BCUT2D eigenvalue weighted by atomic mass is 35.5. The van der Waals surface area contributed by atoms with E-state index in [9.17, 15) is 0 Å². The standard InChI is InChI=1S/C12H19ClN4/c1-8-9(2)14-12(15-11(8)13)10-7-16(3)5-6-17(10)4/h10H,5-7H2,1-4H3. The van der Waals surface area contributed by atoms with Crippen LogP contribution in [0.3, 0.4) is 0 Å². The third-order valence-electron chi connectivity index (χ3n) is 3.50. The van der Waals surface area contributed by atoms with Gasteiger partial charge in [0.1, 0.15) is 11.0 Å². The SMILES string of the molecule is Cc1nc(C2CN(C)CCN2C)nc(Cl)c1C. The molecule has 0 N–H and O–H groups in total. The molecule has 5 heteroatoms. The van der Waals surface area contributed by atoms with E-state index in [1.807, 2.05) is 13.8 Å². The largest absolute Gasteiger partial charge is 0.303 e. The van der Waals surface area contributed by atoms with Crippen molar-refractivity contribution >= 4 is 11.6 Å². The average molecular weight is 255 g/mol. The summed E-state index contributed by atoms with van der Waals surface area (Å²) in [5.74, 6) is 0.840. The van der Waals surface area contributed by atoms with Gasteiger partial charge in [-0.3, -0.25) is 4.90 Å². The molecule has 2 rings (SSSR count). The molecule has 0 aromatic carbocycles. The van der Waals surface area contributed by atoms with Crippen molar-refractivity contribution in [3.8, 4) is 0 Å². The predicted molar refractivity (Wildman–Crippen MR) is 69.4 cm³/mol. The van der Waals surface area contributed by atoms with Crippen LogP contribution in [-0.2, 0) is 0 Å². The number of aryl methyl sites for hydroxylation is 1. The fourth-order valence-electron chi connectivity index (χ4n) is 2.05. The molecule has 1 atom stereocenters. The second kappa shape index (κ2) is 4.88. The Morgan fingerprint density at radius 2 is 1.88 bits per heavy atom. The Morgan fingerprint density at radius 3 is 2.53 bits per heavy atom. The lowest BCUT2D eigenvalue weighted by atomic mass is 10.1. The molecule has 1 aromatic rings. The van der Waals surface area contributed by atoms with Crippen LogP contribution in [0.5, 0.6) is 0 Å². The molecular weight excluding hydrogens is 236 g/mol. The van der Waals surface area contributed by atoms with Gasteiger partial charge in [0.15, 0.2) is 0 Å². The van der Waals surface area contributed by atoms with E-state index in [4.69, 9.17) is 11.6 Å². The van der Waals surface area contributed by atoms with E-state index < -0.39 is 0 Å². The molecule has 0 aliphatic carbocycles. The van der Waals surface area contributed by atoms with Gasteiger partial charge in [-0.2, -0.15) is 0 Å². The maximum Gasteiger partial charge on any atom is 0.148 e. The Balaban J connectivity index is 2.32. The molecule has 2 heterocycles. The first-order chi connectivity index (χ1) is 7.99. The molecule has 1 aromatic heterocycles. The van der Waals surface area contributed by atoms with E-state index >= 15 is 0 Å². The van der Waals surface area contributed by atoms with E-state index in [2.05, 4.69) is 33.9 Å². The lowest BCUT2D eigenvalue weighted by Gasteiger charge is -2.36. The number of hydrogen-bond acceptors (Lipinski definition) is 4. The highest BCUT2D eigenvalue weighted by Crippen LogP contribution is 2.23. The van der Waals surface area contributed by atoms with Gasteiger partial charge >= 0.3 is 0 Å². The van der Waals surface area contributed by atoms with Crippen molar-refractivity contribution in [2.24, 2.45) is 0 Å². The zero-order valence-electron chi connectivity index (χ0n) is 10.9. The van der Waals surface area contributed by atoms with Gasteiger partial charge in [-0.05, 0) is 27.9 Å². The van der Waals surface area contributed by atoms with E-state index in [1.165, 1.54) is 0 Å². The number of aromatic nitrogens is 2. The van der Waals surface area contributed by atoms with E-state index in [0.29, 0.717) is 5.15 Å². The Hall–Kier alpha value is -0.710. The maximum absolute atomic E-state index is 6.14. The molecule has 94 valence electrons. The number of halogens is 1. The molecular formula is C12H19ClN4. The first-order valence-corrected chi connectivity index (χ1v) is 6.26. The number of hydrogen-bond donors (Lipinski definition) is 0.